The second kappa shape index (κ2) is 9.85. The molecule has 4 rings (SSSR count). The lowest BCUT2D eigenvalue weighted by atomic mass is 10.2. The number of nitriles is 1. The zero-order valence-corrected chi connectivity index (χ0v) is 20.2. The van der Waals surface area contributed by atoms with Crippen molar-refractivity contribution < 1.29 is 9.53 Å². The van der Waals surface area contributed by atoms with Gasteiger partial charge in [-0.25, -0.2) is 0 Å². The molecule has 2 aromatic carbocycles. The molecular weight excluding hydrogens is 448 g/mol. The maximum Gasteiger partial charge on any atom is 0.236 e. The van der Waals surface area contributed by atoms with Crippen LogP contribution < -0.4 is 10.1 Å². The van der Waals surface area contributed by atoms with E-state index in [-0.39, 0.29) is 11.7 Å². The van der Waals surface area contributed by atoms with E-state index in [1.54, 1.807) is 7.11 Å². The number of carbonyl (C=O) groups is 1. The molecule has 9 heteroatoms. The lowest BCUT2D eigenvalue weighted by Crippen LogP contribution is -2.18. The number of benzene rings is 2. The van der Waals surface area contributed by atoms with Gasteiger partial charge in [0.25, 0.3) is 0 Å². The Morgan fingerprint density at radius 1 is 1.03 bits per heavy atom. The molecule has 0 aliphatic heterocycles. The second-order valence-corrected chi connectivity index (χ2v) is 8.56. The zero-order chi connectivity index (χ0) is 24.2. The Morgan fingerprint density at radius 2 is 1.71 bits per heavy atom. The number of rotatable bonds is 7. The Bertz CT molecular complexity index is 1370. The van der Waals surface area contributed by atoms with Gasteiger partial charge in [0, 0.05) is 17.1 Å². The van der Waals surface area contributed by atoms with Crippen LogP contribution in [0, 0.1) is 32.1 Å². The summed E-state index contributed by atoms with van der Waals surface area (Å²) in [5, 5.41) is 21.8. The van der Waals surface area contributed by atoms with E-state index in [9.17, 15) is 10.1 Å². The number of nitrogens with one attached hydrogen (secondary N) is 1. The first kappa shape index (κ1) is 23.1. The minimum Gasteiger partial charge on any atom is -0.497 e. The smallest absolute Gasteiger partial charge is 0.236 e. The number of aryl methyl sites for hydroxylation is 1. The Morgan fingerprint density at radius 3 is 2.35 bits per heavy atom. The molecule has 0 saturated carbocycles. The number of para-hydroxylation sites is 1. The monoisotopic (exact) mass is 472 g/mol. The van der Waals surface area contributed by atoms with Crippen LogP contribution >= 0.6 is 11.8 Å². The average molecular weight is 473 g/mol. The molecule has 0 spiro atoms. The molecule has 0 saturated heterocycles. The largest absolute Gasteiger partial charge is 0.497 e. The third kappa shape index (κ3) is 4.40. The minimum atomic E-state index is -0.242. The predicted molar refractivity (Wildman–Crippen MR) is 132 cm³/mol. The molecule has 1 amide bonds. The summed E-state index contributed by atoms with van der Waals surface area (Å²) in [5.41, 5.74) is 3.89. The van der Waals surface area contributed by atoms with Gasteiger partial charge in [0.1, 0.15) is 23.5 Å². The Balaban J connectivity index is 1.59. The van der Waals surface area contributed by atoms with Crippen LogP contribution in [0.5, 0.6) is 5.75 Å². The number of carbonyl (C=O) groups excluding carboxylic acids is 1. The Kier molecular flexibility index (Phi) is 6.70. The molecule has 4 aromatic rings. The predicted octanol–water partition coefficient (Wildman–Crippen LogP) is 4.59. The van der Waals surface area contributed by atoms with E-state index in [2.05, 4.69) is 21.6 Å². The summed E-state index contributed by atoms with van der Waals surface area (Å²) in [6.07, 6.45) is 0. The van der Waals surface area contributed by atoms with E-state index >= 15 is 0 Å². The van der Waals surface area contributed by atoms with E-state index in [0.717, 1.165) is 34.2 Å². The van der Waals surface area contributed by atoms with Crippen molar-refractivity contribution in [2.75, 3.05) is 18.2 Å². The van der Waals surface area contributed by atoms with Crippen LogP contribution in [0.1, 0.15) is 22.6 Å². The lowest BCUT2D eigenvalue weighted by molar-refractivity contribution is -0.113. The maximum absolute atomic E-state index is 13.0. The van der Waals surface area contributed by atoms with Crippen LogP contribution in [0.3, 0.4) is 0 Å². The van der Waals surface area contributed by atoms with Crippen molar-refractivity contribution in [2.24, 2.45) is 0 Å². The van der Waals surface area contributed by atoms with Crippen LogP contribution in [0.4, 0.5) is 5.82 Å². The number of methoxy groups -OCH3 is 1. The van der Waals surface area contributed by atoms with Gasteiger partial charge in [-0.1, -0.05) is 30.0 Å². The molecule has 34 heavy (non-hydrogen) atoms. The Labute approximate surface area is 202 Å². The number of nitrogens with zero attached hydrogens (tertiary/aromatic N) is 5. The molecule has 0 aliphatic rings. The van der Waals surface area contributed by atoms with Gasteiger partial charge in [-0.2, -0.15) is 5.26 Å². The van der Waals surface area contributed by atoms with E-state index in [0.29, 0.717) is 16.5 Å². The number of hydrogen-bond acceptors (Lipinski definition) is 6. The number of amides is 1. The highest BCUT2D eigenvalue weighted by atomic mass is 32.2. The summed E-state index contributed by atoms with van der Waals surface area (Å²) in [6.45, 7) is 5.68. The van der Waals surface area contributed by atoms with Gasteiger partial charge in [0.05, 0.1) is 18.4 Å². The van der Waals surface area contributed by atoms with Crippen molar-refractivity contribution in [1.82, 2.24) is 19.3 Å². The highest BCUT2D eigenvalue weighted by Gasteiger charge is 2.21. The molecule has 0 bridgehead atoms. The van der Waals surface area contributed by atoms with E-state index in [1.807, 2.05) is 84.5 Å². The summed E-state index contributed by atoms with van der Waals surface area (Å²) in [6, 6.07) is 19.5. The van der Waals surface area contributed by atoms with Gasteiger partial charge >= 0.3 is 0 Å². The summed E-state index contributed by atoms with van der Waals surface area (Å²) < 4.78 is 9.04. The van der Waals surface area contributed by atoms with Gasteiger partial charge in [-0.15, -0.1) is 10.2 Å². The topological polar surface area (TPSA) is 97.8 Å². The van der Waals surface area contributed by atoms with Gasteiger partial charge in [0.15, 0.2) is 5.16 Å². The van der Waals surface area contributed by atoms with Gasteiger partial charge in [-0.05, 0) is 62.7 Å². The van der Waals surface area contributed by atoms with Gasteiger partial charge < -0.3 is 10.1 Å². The summed E-state index contributed by atoms with van der Waals surface area (Å²) >= 11 is 1.29. The Hall–Kier alpha value is -4.03. The average Bonchev–Trinajstić information content (AvgIpc) is 3.34. The standard InChI is InChI=1S/C25H24N6O2S/c1-16-17(2)30(20-10-12-21(33-4)13-11-20)24(22(16)14-26)27-23(32)15-34-25-29-28-18(3)31(25)19-8-6-5-7-9-19/h5-13H,15H2,1-4H3,(H,27,32). The molecule has 0 unspecified atom stereocenters. The number of aromatic nitrogens is 4. The minimum absolute atomic E-state index is 0.113. The highest BCUT2D eigenvalue weighted by Crippen LogP contribution is 2.31. The molecule has 0 radical (unpaired) electrons. The number of thioether (sulfide) groups is 1. The summed E-state index contributed by atoms with van der Waals surface area (Å²) in [5.74, 6) is 1.79. The van der Waals surface area contributed by atoms with E-state index < -0.39 is 0 Å². The quantitative estimate of drug-likeness (QED) is 0.395. The van der Waals surface area contributed by atoms with Crippen molar-refractivity contribution in [2.45, 2.75) is 25.9 Å². The number of anilines is 1. The molecule has 0 fully saturated rings. The van der Waals surface area contributed by atoms with Gasteiger partial charge in [-0.3, -0.25) is 13.9 Å². The molecule has 8 nitrogen and oxygen atoms in total. The van der Waals surface area contributed by atoms with Crippen LogP contribution in [0.15, 0.2) is 59.8 Å². The molecule has 1 N–H and O–H groups in total. The normalized spacial score (nSPS) is 10.7. The first-order valence-corrected chi connectivity index (χ1v) is 11.6. The van der Waals surface area contributed by atoms with E-state index in [4.69, 9.17) is 4.74 Å². The van der Waals surface area contributed by atoms with Crippen LogP contribution in [0.2, 0.25) is 0 Å². The molecular formula is C25H24N6O2S. The fourth-order valence-corrected chi connectivity index (χ4v) is 4.52. The zero-order valence-electron chi connectivity index (χ0n) is 19.4. The van der Waals surface area contributed by atoms with Crippen LogP contribution in [0.25, 0.3) is 11.4 Å². The second-order valence-electron chi connectivity index (χ2n) is 7.62. The van der Waals surface area contributed by atoms with Crippen molar-refractivity contribution in [3.05, 3.63) is 77.2 Å². The van der Waals surface area contributed by atoms with Crippen molar-refractivity contribution >= 4 is 23.5 Å². The fourth-order valence-electron chi connectivity index (χ4n) is 3.72. The van der Waals surface area contributed by atoms with Crippen molar-refractivity contribution in [3.63, 3.8) is 0 Å². The SMILES string of the molecule is COc1ccc(-n2c(C)c(C)c(C#N)c2NC(=O)CSc2nnc(C)n2-c2ccccc2)cc1. The van der Waals surface area contributed by atoms with Crippen molar-refractivity contribution in [1.29, 1.82) is 5.26 Å². The van der Waals surface area contributed by atoms with Crippen molar-refractivity contribution in [3.8, 4) is 23.2 Å². The first-order valence-electron chi connectivity index (χ1n) is 10.6. The molecule has 2 aromatic heterocycles. The summed E-state index contributed by atoms with van der Waals surface area (Å²) in [4.78, 5) is 13.0. The third-order valence-corrected chi connectivity index (χ3v) is 6.48. The van der Waals surface area contributed by atoms with Crippen LogP contribution in [-0.4, -0.2) is 38.1 Å². The summed E-state index contributed by atoms with van der Waals surface area (Å²) in [7, 11) is 1.61. The highest BCUT2D eigenvalue weighted by molar-refractivity contribution is 7.99. The van der Waals surface area contributed by atoms with E-state index in [1.165, 1.54) is 11.8 Å². The van der Waals surface area contributed by atoms with Gasteiger partial charge in [0.2, 0.25) is 5.91 Å². The molecule has 0 aliphatic carbocycles. The molecule has 2 heterocycles. The number of ether oxygens (including phenoxy) is 1. The maximum atomic E-state index is 13.0. The van der Waals surface area contributed by atoms with Crippen LogP contribution in [-0.2, 0) is 4.79 Å². The lowest BCUT2D eigenvalue weighted by Gasteiger charge is -2.14. The third-order valence-electron chi connectivity index (χ3n) is 5.56. The fraction of sp³-hybridized carbons (Fsp3) is 0.200. The number of hydrogen-bond donors (Lipinski definition) is 1. The molecule has 172 valence electrons. The first-order chi connectivity index (χ1) is 16.4. The molecule has 0 atom stereocenters.